The van der Waals surface area contributed by atoms with Gasteiger partial charge in [-0.2, -0.15) is 0 Å². The Labute approximate surface area is 127 Å². The monoisotopic (exact) mass is 329 g/mol. The predicted molar refractivity (Wildman–Crippen MR) is 82.6 cm³/mol. The molecule has 0 aliphatic carbocycles. The number of benzene rings is 1. The number of Topliss-reactive ketones (excluding diaryl/α,β-unsaturated/α-hetero) is 1. The lowest BCUT2D eigenvalue weighted by atomic mass is 10.3. The first-order valence-corrected chi connectivity index (χ1v) is 7.92. The van der Waals surface area contributed by atoms with E-state index in [0.29, 0.717) is 5.69 Å². The summed E-state index contributed by atoms with van der Waals surface area (Å²) in [5, 5.41) is 4.85. The maximum absolute atomic E-state index is 12.0. The highest BCUT2D eigenvalue weighted by atomic mass is 32.2. The number of carbonyl (C=O) groups excluding carboxylic acids is 2. The molecule has 0 unspecified atom stereocenters. The van der Waals surface area contributed by atoms with E-state index in [1.807, 2.05) is 0 Å². The number of carbonyl (C=O) groups is 2. The lowest BCUT2D eigenvalue weighted by Gasteiger charge is -2.07. The minimum absolute atomic E-state index is 0.000257. The Kier molecular flexibility index (Phi) is 5.79. The average Bonchev–Trinajstić information content (AvgIpc) is 2.35. The van der Waals surface area contributed by atoms with Crippen LogP contribution < -0.4 is 16.4 Å². The summed E-state index contributed by atoms with van der Waals surface area (Å²) in [5.74, 6) is -1.46. The van der Waals surface area contributed by atoms with E-state index >= 15 is 0 Å². The van der Waals surface area contributed by atoms with Crippen LogP contribution >= 0.6 is 12.2 Å². The number of thiocarbonyl (C=S) groups is 1. The molecule has 0 bridgehead atoms. The van der Waals surface area contributed by atoms with Gasteiger partial charge in [-0.15, -0.1) is 0 Å². The largest absolute Gasteiger partial charge is 0.376 e. The third-order valence-electron chi connectivity index (χ3n) is 2.34. The zero-order valence-electron chi connectivity index (χ0n) is 11.3. The molecule has 0 saturated carbocycles. The van der Waals surface area contributed by atoms with Crippen LogP contribution in [0.3, 0.4) is 0 Å². The first-order valence-electron chi connectivity index (χ1n) is 5.86. The van der Waals surface area contributed by atoms with Crippen molar-refractivity contribution < 1.29 is 18.0 Å². The fourth-order valence-electron chi connectivity index (χ4n) is 1.48. The molecule has 0 aromatic heterocycles. The topological polar surface area (TPSA) is 118 Å². The summed E-state index contributed by atoms with van der Waals surface area (Å²) in [6.07, 6.45) is 0. The molecule has 0 aliphatic rings. The molecule has 0 aliphatic heterocycles. The molecule has 0 radical (unpaired) electrons. The molecule has 0 fully saturated rings. The van der Waals surface area contributed by atoms with Gasteiger partial charge in [0.1, 0.15) is 5.75 Å². The van der Waals surface area contributed by atoms with Crippen LogP contribution in [0.15, 0.2) is 29.2 Å². The number of ketones is 1. The number of hydrogen-bond donors (Lipinski definition) is 3. The van der Waals surface area contributed by atoms with Crippen LogP contribution in [0.1, 0.15) is 6.92 Å². The highest BCUT2D eigenvalue weighted by molar-refractivity contribution is 7.92. The summed E-state index contributed by atoms with van der Waals surface area (Å²) < 4.78 is 24.0. The zero-order chi connectivity index (χ0) is 16.0. The fraction of sp³-hybridized carbons (Fsp3) is 0.250. The van der Waals surface area contributed by atoms with E-state index in [1.54, 1.807) is 0 Å². The third-order valence-corrected chi connectivity index (χ3v) is 4.18. The number of rotatable bonds is 6. The summed E-state index contributed by atoms with van der Waals surface area (Å²) in [6, 6.07) is 5.56. The smallest absolute Gasteiger partial charge is 0.221 e. The second-order valence-electron chi connectivity index (χ2n) is 4.22. The normalized spacial score (nSPS) is 10.7. The number of nitrogens with one attached hydrogen (secondary N) is 2. The fourth-order valence-corrected chi connectivity index (χ4v) is 2.80. The van der Waals surface area contributed by atoms with Crippen LogP contribution in [0, 0.1) is 0 Å². The van der Waals surface area contributed by atoms with Crippen molar-refractivity contribution in [1.82, 2.24) is 5.32 Å². The zero-order valence-corrected chi connectivity index (χ0v) is 12.9. The van der Waals surface area contributed by atoms with E-state index in [-0.39, 0.29) is 22.5 Å². The maximum atomic E-state index is 12.0. The first-order chi connectivity index (χ1) is 9.70. The highest BCUT2D eigenvalue weighted by Gasteiger charge is 2.19. The Morgan fingerprint density at radius 3 is 2.29 bits per heavy atom. The van der Waals surface area contributed by atoms with Crippen molar-refractivity contribution in [1.29, 1.82) is 0 Å². The van der Waals surface area contributed by atoms with Gasteiger partial charge in [0, 0.05) is 12.6 Å². The Morgan fingerprint density at radius 1 is 1.24 bits per heavy atom. The van der Waals surface area contributed by atoms with Crippen LogP contribution in [-0.4, -0.2) is 37.5 Å². The summed E-state index contributed by atoms with van der Waals surface area (Å²) in [4.78, 5) is 22.4. The van der Waals surface area contributed by atoms with Crippen molar-refractivity contribution in [2.24, 2.45) is 5.73 Å². The molecule has 1 aromatic rings. The van der Waals surface area contributed by atoms with Crippen LogP contribution in [0.25, 0.3) is 0 Å². The van der Waals surface area contributed by atoms with Gasteiger partial charge in [-0.05, 0) is 36.5 Å². The van der Waals surface area contributed by atoms with Gasteiger partial charge in [-0.1, -0.05) is 0 Å². The predicted octanol–water partition coefficient (Wildman–Crippen LogP) is -0.179. The van der Waals surface area contributed by atoms with E-state index in [0.717, 1.165) is 0 Å². The first kappa shape index (κ1) is 17.1. The lowest BCUT2D eigenvalue weighted by molar-refractivity contribution is -0.116. The van der Waals surface area contributed by atoms with Crippen LogP contribution in [0.4, 0.5) is 5.69 Å². The molecule has 0 spiro atoms. The molecule has 0 atom stereocenters. The van der Waals surface area contributed by atoms with Crippen molar-refractivity contribution in [3.05, 3.63) is 24.3 Å². The van der Waals surface area contributed by atoms with Crippen LogP contribution in [-0.2, 0) is 19.4 Å². The summed E-state index contributed by atoms with van der Waals surface area (Å²) in [7, 11) is -3.74. The van der Waals surface area contributed by atoms with Gasteiger partial charge in [0.2, 0.25) is 5.91 Å². The number of hydrogen-bond acceptors (Lipinski definition) is 5. The van der Waals surface area contributed by atoms with Crippen LogP contribution in [0.5, 0.6) is 0 Å². The molecular formula is C12H15N3O4S2. The quantitative estimate of drug-likeness (QED) is 0.620. The third kappa shape index (κ3) is 5.88. The molecule has 4 N–H and O–H groups in total. The van der Waals surface area contributed by atoms with Crippen molar-refractivity contribution in [2.75, 3.05) is 17.6 Å². The molecule has 1 rings (SSSR count). The molecule has 9 heteroatoms. The van der Waals surface area contributed by atoms with E-state index in [1.165, 1.54) is 31.2 Å². The molecule has 0 heterocycles. The van der Waals surface area contributed by atoms with Gasteiger partial charge in [-0.3, -0.25) is 9.59 Å². The van der Waals surface area contributed by atoms with Gasteiger partial charge in [0.05, 0.1) is 11.4 Å². The SMILES string of the molecule is CC(=O)Nc1ccc(S(=O)(=O)CC(=O)CNC(N)=S)cc1. The Balaban J connectivity index is 2.76. The van der Waals surface area contributed by atoms with Gasteiger partial charge < -0.3 is 16.4 Å². The molecule has 114 valence electrons. The van der Waals surface area contributed by atoms with Gasteiger partial charge in [0.25, 0.3) is 0 Å². The molecule has 21 heavy (non-hydrogen) atoms. The van der Waals surface area contributed by atoms with Crippen LogP contribution in [0.2, 0.25) is 0 Å². The van der Waals surface area contributed by atoms with Crippen molar-refractivity contribution in [2.45, 2.75) is 11.8 Å². The number of nitrogens with two attached hydrogens (primary N) is 1. The summed E-state index contributed by atoms with van der Waals surface area (Å²) in [6.45, 7) is 1.11. The van der Waals surface area contributed by atoms with Crippen molar-refractivity contribution in [3.63, 3.8) is 0 Å². The van der Waals surface area contributed by atoms with E-state index < -0.39 is 21.4 Å². The Hall–Kier alpha value is -2.00. The minimum atomic E-state index is -3.74. The molecule has 1 amide bonds. The van der Waals surface area contributed by atoms with E-state index in [4.69, 9.17) is 5.73 Å². The highest BCUT2D eigenvalue weighted by Crippen LogP contribution is 2.15. The average molecular weight is 329 g/mol. The lowest BCUT2D eigenvalue weighted by Crippen LogP contribution is -2.35. The van der Waals surface area contributed by atoms with Gasteiger partial charge >= 0.3 is 0 Å². The molecule has 0 saturated heterocycles. The Morgan fingerprint density at radius 2 is 1.81 bits per heavy atom. The number of sulfone groups is 1. The molecular weight excluding hydrogens is 314 g/mol. The van der Waals surface area contributed by atoms with E-state index in [2.05, 4.69) is 22.9 Å². The Bertz CT molecular complexity index is 654. The summed E-state index contributed by atoms with van der Waals surface area (Å²) in [5.41, 5.74) is 5.63. The standard InChI is InChI=1S/C12H15N3O4S2/c1-8(16)15-9-2-4-11(5-3-9)21(18,19)7-10(17)6-14-12(13)20/h2-5H,6-7H2,1H3,(H,15,16)(H3,13,14,20). The van der Waals surface area contributed by atoms with Gasteiger partial charge in [0.15, 0.2) is 20.7 Å². The van der Waals surface area contributed by atoms with Crippen molar-refractivity contribution >= 4 is 44.5 Å². The second kappa shape index (κ2) is 7.14. The number of anilines is 1. The van der Waals surface area contributed by atoms with Gasteiger partial charge in [-0.25, -0.2) is 8.42 Å². The minimum Gasteiger partial charge on any atom is -0.376 e. The summed E-state index contributed by atoms with van der Waals surface area (Å²) >= 11 is 4.53. The molecule has 1 aromatic carbocycles. The maximum Gasteiger partial charge on any atom is 0.221 e. The number of amides is 1. The van der Waals surface area contributed by atoms with Crippen molar-refractivity contribution in [3.8, 4) is 0 Å². The molecule has 7 nitrogen and oxygen atoms in total. The second-order valence-corrected chi connectivity index (χ2v) is 6.65. The van der Waals surface area contributed by atoms with E-state index in [9.17, 15) is 18.0 Å².